The van der Waals surface area contributed by atoms with Crippen LogP contribution in [0.3, 0.4) is 0 Å². The van der Waals surface area contributed by atoms with E-state index in [0.717, 1.165) is 36.6 Å². The molecule has 2 aromatic rings. The van der Waals surface area contributed by atoms with Crippen molar-refractivity contribution < 1.29 is 4.79 Å². The van der Waals surface area contributed by atoms with Crippen molar-refractivity contribution in [1.82, 2.24) is 9.88 Å². The highest BCUT2D eigenvalue weighted by atomic mass is 32.1. The Balaban J connectivity index is 1.62. The van der Waals surface area contributed by atoms with Crippen molar-refractivity contribution in [3.8, 4) is 0 Å². The number of nitrogens with zero attached hydrogens (tertiary/aromatic N) is 3. The fourth-order valence-corrected chi connectivity index (χ4v) is 5.17. The Hall–Kier alpha value is -1.62. The summed E-state index contributed by atoms with van der Waals surface area (Å²) in [6.07, 6.45) is 5.27. The van der Waals surface area contributed by atoms with E-state index in [9.17, 15) is 4.79 Å². The average Bonchev–Trinajstić information content (AvgIpc) is 3.29. The van der Waals surface area contributed by atoms with E-state index >= 15 is 0 Å². The smallest absolute Gasteiger partial charge is 0.222 e. The summed E-state index contributed by atoms with van der Waals surface area (Å²) in [5.41, 5.74) is 1.09. The van der Waals surface area contributed by atoms with Crippen LogP contribution in [0.15, 0.2) is 24.3 Å². The van der Waals surface area contributed by atoms with Gasteiger partial charge in [-0.3, -0.25) is 4.79 Å². The molecule has 1 amide bonds. The zero-order chi connectivity index (χ0) is 15.8. The number of carbonyl (C=O) groups excluding carboxylic acids is 1. The molecule has 4 nitrogen and oxygen atoms in total. The molecule has 0 spiro atoms. The number of hydrogen-bond acceptors (Lipinski definition) is 4. The first-order valence-corrected chi connectivity index (χ1v) is 9.51. The van der Waals surface area contributed by atoms with Gasteiger partial charge in [-0.1, -0.05) is 30.4 Å². The summed E-state index contributed by atoms with van der Waals surface area (Å²) in [4.78, 5) is 21.7. The predicted octanol–water partition coefficient (Wildman–Crippen LogP) is 3.67. The molecule has 0 radical (unpaired) electrons. The second-order valence-electron chi connectivity index (χ2n) is 6.52. The fraction of sp³-hybridized carbons (Fsp3) is 0.556. The lowest BCUT2D eigenvalue weighted by Gasteiger charge is -2.34. The van der Waals surface area contributed by atoms with Crippen molar-refractivity contribution in [2.45, 2.75) is 51.1 Å². The number of hydrogen-bond donors (Lipinski definition) is 0. The standard InChI is InChI=1S/C18H23N3OS/c1-2-17(22)20-11-5-8-14(20)15-9-6-12-21(15)18-19-13-7-3-4-10-16(13)23-18/h3-4,7,10,14-15H,2,5-6,8-9,11-12H2,1H3/t14-,15-/m0/s1. The summed E-state index contributed by atoms with van der Waals surface area (Å²) >= 11 is 1.78. The molecule has 4 rings (SSSR count). The molecule has 2 aliphatic heterocycles. The Labute approximate surface area is 141 Å². The maximum Gasteiger partial charge on any atom is 0.222 e. The lowest BCUT2D eigenvalue weighted by Crippen LogP contribution is -2.48. The molecule has 122 valence electrons. The van der Waals surface area contributed by atoms with Gasteiger partial charge in [0.1, 0.15) is 0 Å². The van der Waals surface area contributed by atoms with Crippen LogP contribution in [0.1, 0.15) is 39.0 Å². The summed E-state index contributed by atoms with van der Waals surface area (Å²) in [6.45, 7) is 3.97. The third-order valence-corrected chi connectivity index (χ3v) is 6.27. The molecule has 3 heterocycles. The molecule has 0 unspecified atom stereocenters. The average molecular weight is 329 g/mol. The number of thiazole rings is 1. The van der Waals surface area contributed by atoms with Gasteiger partial charge in [-0.15, -0.1) is 0 Å². The normalized spacial score (nSPS) is 24.7. The van der Waals surface area contributed by atoms with Gasteiger partial charge in [0.05, 0.1) is 22.3 Å². The lowest BCUT2D eigenvalue weighted by atomic mass is 10.0. The van der Waals surface area contributed by atoms with Crippen LogP contribution in [-0.2, 0) is 4.79 Å². The molecule has 1 aromatic carbocycles. The minimum Gasteiger partial charge on any atom is -0.343 e. The Bertz CT molecular complexity index is 680. The molecular formula is C18H23N3OS. The Morgan fingerprint density at radius 2 is 2.00 bits per heavy atom. The first-order chi connectivity index (χ1) is 11.3. The number of para-hydroxylation sites is 1. The van der Waals surface area contributed by atoms with Gasteiger partial charge in [0, 0.05) is 19.5 Å². The summed E-state index contributed by atoms with van der Waals surface area (Å²) in [6, 6.07) is 9.16. The minimum atomic E-state index is 0.309. The SMILES string of the molecule is CCC(=O)N1CCC[C@H]1[C@@H]1CCCN1c1nc2ccccc2s1. The van der Waals surface area contributed by atoms with Gasteiger partial charge in [-0.2, -0.15) is 0 Å². The number of fused-ring (bicyclic) bond motifs is 1. The van der Waals surface area contributed by atoms with Crippen molar-refractivity contribution in [2.24, 2.45) is 0 Å². The van der Waals surface area contributed by atoms with Gasteiger partial charge in [0.2, 0.25) is 5.91 Å². The van der Waals surface area contributed by atoms with Crippen LogP contribution in [0.2, 0.25) is 0 Å². The molecule has 2 aliphatic rings. The van der Waals surface area contributed by atoms with E-state index < -0.39 is 0 Å². The highest BCUT2D eigenvalue weighted by Gasteiger charge is 2.40. The van der Waals surface area contributed by atoms with E-state index in [1.54, 1.807) is 11.3 Å². The first-order valence-electron chi connectivity index (χ1n) is 8.69. The first kappa shape index (κ1) is 14.9. The molecule has 2 fully saturated rings. The predicted molar refractivity (Wildman–Crippen MR) is 95.0 cm³/mol. The zero-order valence-electron chi connectivity index (χ0n) is 13.6. The minimum absolute atomic E-state index is 0.309. The van der Waals surface area contributed by atoms with Crippen molar-refractivity contribution >= 4 is 32.6 Å². The molecule has 0 aliphatic carbocycles. The van der Waals surface area contributed by atoms with Gasteiger partial charge in [-0.05, 0) is 37.8 Å². The Morgan fingerprint density at radius 1 is 1.22 bits per heavy atom. The van der Waals surface area contributed by atoms with Crippen LogP contribution in [0.25, 0.3) is 10.2 Å². The Morgan fingerprint density at radius 3 is 2.83 bits per heavy atom. The van der Waals surface area contributed by atoms with E-state index in [4.69, 9.17) is 4.98 Å². The third kappa shape index (κ3) is 2.61. The molecule has 5 heteroatoms. The van der Waals surface area contributed by atoms with Gasteiger partial charge in [-0.25, -0.2) is 4.98 Å². The van der Waals surface area contributed by atoms with Crippen molar-refractivity contribution in [1.29, 1.82) is 0 Å². The quantitative estimate of drug-likeness (QED) is 0.862. The largest absolute Gasteiger partial charge is 0.343 e. The van der Waals surface area contributed by atoms with Crippen LogP contribution >= 0.6 is 11.3 Å². The lowest BCUT2D eigenvalue weighted by molar-refractivity contribution is -0.131. The van der Waals surface area contributed by atoms with E-state index in [-0.39, 0.29) is 0 Å². The zero-order valence-corrected chi connectivity index (χ0v) is 14.4. The molecule has 23 heavy (non-hydrogen) atoms. The van der Waals surface area contributed by atoms with Gasteiger partial charge in [0.15, 0.2) is 5.13 Å². The van der Waals surface area contributed by atoms with Crippen LogP contribution in [0.4, 0.5) is 5.13 Å². The molecule has 0 N–H and O–H groups in total. The number of benzene rings is 1. The Kier molecular flexibility index (Phi) is 3.97. The number of carbonyl (C=O) groups is 1. The number of anilines is 1. The van der Waals surface area contributed by atoms with Gasteiger partial charge < -0.3 is 9.80 Å². The highest BCUT2D eigenvalue weighted by molar-refractivity contribution is 7.22. The van der Waals surface area contributed by atoms with Gasteiger partial charge in [0.25, 0.3) is 0 Å². The van der Waals surface area contributed by atoms with E-state index in [1.807, 2.05) is 13.0 Å². The molecular weight excluding hydrogens is 306 g/mol. The number of amides is 1. The van der Waals surface area contributed by atoms with E-state index in [0.29, 0.717) is 24.4 Å². The topological polar surface area (TPSA) is 36.4 Å². The van der Waals surface area contributed by atoms with Gasteiger partial charge >= 0.3 is 0 Å². The summed E-state index contributed by atoms with van der Waals surface area (Å²) in [7, 11) is 0. The van der Waals surface area contributed by atoms with Crippen LogP contribution in [-0.4, -0.2) is 41.0 Å². The van der Waals surface area contributed by atoms with Crippen LogP contribution < -0.4 is 4.90 Å². The number of rotatable bonds is 3. The van der Waals surface area contributed by atoms with Crippen LogP contribution in [0, 0.1) is 0 Å². The fourth-order valence-electron chi connectivity index (χ4n) is 4.12. The maximum absolute atomic E-state index is 12.3. The molecule has 0 bridgehead atoms. The van der Waals surface area contributed by atoms with Crippen LogP contribution in [0.5, 0.6) is 0 Å². The van der Waals surface area contributed by atoms with E-state index in [1.165, 1.54) is 17.5 Å². The summed E-state index contributed by atoms with van der Waals surface area (Å²) < 4.78 is 1.25. The maximum atomic E-state index is 12.3. The molecule has 1 aromatic heterocycles. The highest BCUT2D eigenvalue weighted by Crippen LogP contribution is 2.37. The van der Waals surface area contributed by atoms with Crippen molar-refractivity contribution in [3.05, 3.63) is 24.3 Å². The second kappa shape index (κ2) is 6.11. The number of likely N-dealkylation sites (tertiary alicyclic amines) is 1. The summed E-state index contributed by atoms with van der Waals surface area (Å²) in [5, 5.41) is 1.13. The van der Waals surface area contributed by atoms with E-state index in [2.05, 4.69) is 28.0 Å². The molecule has 0 saturated carbocycles. The van der Waals surface area contributed by atoms with Crippen molar-refractivity contribution in [3.63, 3.8) is 0 Å². The number of aromatic nitrogens is 1. The van der Waals surface area contributed by atoms with Crippen molar-refractivity contribution in [2.75, 3.05) is 18.0 Å². The molecule has 2 atom stereocenters. The second-order valence-corrected chi connectivity index (χ2v) is 7.53. The third-order valence-electron chi connectivity index (χ3n) is 5.19. The summed E-state index contributed by atoms with van der Waals surface area (Å²) in [5.74, 6) is 0.309. The monoisotopic (exact) mass is 329 g/mol. The molecule has 2 saturated heterocycles.